The Morgan fingerprint density at radius 3 is 2.80 bits per heavy atom. The summed E-state index contributed by atoms with van der Waals surface area (Å²) in [6.07, 6.45) is 0.163. The van der Waals surface area contributed by atoms with Gasteiger partial charge in [-0.05, 0) is 38.5 Å². The Balaban J connectivity index is 2.34. The van der Waals surface area contributed by atoms with Crippen LogP contribution in [0.1, 0.15) is 38.3 Å². The van der Waals surface area contributed by atoms with Crippen molar-refractivity contribution < 1.29 is 9.53 Å². The number of carbonyl (C=O) groups is 1. The van der Waals surface area contributed by atoms with Gasteiger partial charge in [-0.25, -0.2) is 4.79 Å². The number of ether oxygens (including phenoxy) is 1. The van der Waals surface area contributed by atoms with Crippen molar-refractivity contribution >= 4 is 6.09 Å². The van der Waals surface area contributed by atoms with Gasteiger partial charge in [-0.3, -0.25) is 0 Å². The molecular formula is C16H22N2O2. The van der Waals surface area contributed by atoms with Gasteiger partial charge < -0.3 is 15.8 Å². The van der Waals surface area contributed by atoms with Gasteiger partial charge in [0.2, 0.25) is 0 Å². The van der Waals surface area contributed by atoms with Crippen molar-refractivity contribution in [3.63, 3.8) is 0 Å². The summed E-state index contributed by atoms with van der Waals surface area (Å²) in [5.41, 5.74) is 7.09. The maximum atomic E-state index is 11.4. The smallest absolute Gasteiger partial charge is 0.407 e. The van der Waals surface area contributed by atoms with Gasteiger partial charge in [0, 0.05) is 25.1 Å². The van der Waals surface area contributed by atoms with Crippen LogP contribution in [0.2, 0.25) is 0 Å². The third kappa shape index (κ3) is 6.81. The molecule has 0 bridgehead atoms. The molecule has 0 saturated carbocycles. The number of benzene rings is 1. The van der Waals surface area contributed by atoms with Gasteiger partial charge in [0.1, 0.15) is 5.60 Å². The molecule has 0 saturated heterocycles. The highest BCUT2D eigenvalue weighted by Crippen LogP contribution is 2.06. The zero-order valence-corrected chi connectivity index (χ0v) is 12.3. The predicted octanol–water partition coefficient (Wildman–Crippen LogP) is 2.41. The van der Waals surface area contributed by atoms with Crippen molar-refractivity contribution in [2.75, 3.05) is 6.54 Å². The Morgan fingerprint density at radius 1 is 1.40 bits per heavy atom. The minimum absolute atomic E-state index is 0.413. The number of rotatable bonds is 3. The molecule has 0 radical (unpaired) electrons. The number of hydrogen-bond acceptors (Lipinski definition) is 3. The molecule has 0 fully saturated rings. The fourth-order valence-electron chi connectivity index (χ4n) is 1.48. The van der Waals surface area contributed by atoms with Crippen LogP contribution in [0.5, 0.6) is 0 Å². The van der Waals surface area contributed by atoms with Gasteiger partial charge in [-0.15, -0.1) is 0 Å². The molecule has 1 aromatic carbocycles. The molecule has 1 rings (SSSR count). The second-order valence-electron chi connectivity index (χ2n) is 5.38. The minimum atomic E-state index is -0.474. The molecule has 4 heteroatoms. The molecule has 1 aromatic rings. The zero-order valence-electron chi connectivity index (χ0n) is 12.3. The van der Waals surface area contributed by atoms with E-state index >= 15 is 0 Å². The molecule has 0 aromatic heterocycles. The van der Waals surface area contributed by atoms with Crippen LogP contribution in [0.15, 0.2) is 24.3 Å². The van der Waals surface area contributed by atoms with Crippen molar-refractivity contribution in [2.45, 2.75) is 39.3 Å². The third-order valence-electron chi connectivity index (χ3n) is 2.31. The Labute approximate surface area is 120 Å². The summed E-state index contributed by atoms with van der Waals surface area (Å²) in [6.45, 7) is 6.47. The average molecular weight is 274 g/mol. The van der Waals surface area contributed by atoms with Crippen molar-refractivity contribution in [1.29, 1.82) is 0 Å². The maximum absolute atomic E-state index is 11.4. The molecule has 108 valence electrons. The summed E-state index contributed by atoms with van der Waals surface area (Å²) in [5.74, 6) is 6.05. The highest BCUT2D eigenvalue weighted by Gasteiger charge is 2.15. The molecular weight excluding hydrogens is 252 g/mol. The fourth-order valence-corrected chi connectivity index (χ4v) is 1.48. The first-order valence-corrected chi connectivity index (χ1v) is 6.65. The number of carbonyl (C=O) groups excluding carboxylic acids is 1. The number of hydrogen-bond donors (Lipinski definition) is 2. The van der Waals surface area contributed by atoms with Crippen molar-refractivity contribution in [3.8, 4) is 11.8 Å². The molecule has 0 aliphatic heterocycles. The van der Waals surface area contributed by atoms with E-state index in [-0.39, 0.29) is 0 Å². The molecule has 0 aliphatic carbocycles. The van der Waals surface area contributed by atoms with Gasteiger partial charge in [0.15, 0.2) is 0 Å². The molecule has 3 N–H and O–H groups in total. The standard InChI is InChI=1S/C16H22N2O2/c1-16(2,3)20-15(19)18-10-5-4-7-13-8-6-9-14(11-13)12-17/h6,8-9,11H,5,10,12,17H2,1-3H3,(H,18,19). The Bertz CT molecular complexity index is 507. The lowest BCUT2D eigenvalue weighted by molar-refractivity contribution is 0.0529. The van der Waals surface area contributed by atoms with Crippen LogP contribution in [-0.2, 0) is 11.3 Å². The van der Waals surface area contributed by atoms with Crippen LogP contribution in [0, 0.1) is 11.8 Å². The highest BCUT2D eigenvalue weighted by molar-refractivity contribution is 5.67. The number of amides is 1. The minimum Gasteiger partial charge on any atom is -0.444 e. The van der Waals surface area contributed by atoms with Crippen LogP contribution < -0.4 is 11.1 Å². The summed E-state index contributed by atoms with van der Waals surface area (Å²) in [4.78, 5) is 11.4. The Morgan fingerprint density at radius 2 is 2.15 bits per heavy atom. The normalized spacial score (nSPS) is 10.4. The van der Waals surface area contributed by atoms with Crippen molar-refractivity contribution in [1.82, 2.24) is 5.32 Å². The number of alkyl carbamates (subject to hydrolysis) is 1. The van der Waals surface area contributed by atoms with Crippen LogP contribution in [-0.4, -0.2) is 18.2 Å². The van der Waals surface area contributed by atoms with E-state index in [2.05, 4.69) is 17.2 Å². The molecule has 0 atom stereocenters. The highest BCUT2D eigenvalue weighted by atomic mass is 16.6. The van der Waals surface area contributed by atoms with Gasteiger partial charge in [0.05, 0.1) is 0 Å². The molecule has 0 heterocycles. The zero-order chi connectivity index (χ0) is 15.0. The van der Waals surface area contributed by atoms with E-state index in [4.69, 9.17) is 10.5 Å². The number of nitrogens with one attached hydrogen (secondary N) is 1. The summed E-state index contributed by atoms with van der Waals surface area (Å²) in [7, 11) is 0. The van der Waals surface area contributed by atoms with Crippen LogP contribution in [0.25, 0.3) is 0 Å². The van der Waals surface area contributed by atoms with Crippen LogP contribution in [0.4, 0.5) is 4.79 Å². The van der Waals surface area contributed by atoms with Gasteiger partial charge in [-0.1, -0.05) is 24.0 Å². The Kier molecular flexibility index (Phi) is 6.08. The van der Waals surface area contributed by atoms with E-state index in [1.807, 2.05) is 45.0 Å². The molecule has 1 amide bonds. The lowest BCUT2D eigenvalue weighted by Crippen LogP contribution is -2.32. The second kappa shape index (κ2) is 7.56. The van der Waals surface area contributed by atoms with Crippen molar-refractivity contribution in [3.05, 3.63) is 35.4 Å². The summed E-state index contributed by atoms with van der Waals surface area (Å²) in [5, 5.41) is 2.66. The number of nitrogens with two attached hydrogens (primary N) is 1. The van der Waals surface area contributed by atoms with Crippen LogP contribution in [0.3, 0.4) is 0 Å². The monoisotopic (exact) mass is 274 g/mol. The van der Waals surface area contributed by atoms with E-state index in [1.165, 1.54) is 0 Å². The van der Waals surface area contributed by atoms with Crippen molar-refractivity contribution in [2.24, 2.45) is 5.73 Å². The summed E-state index contributed by atoms with van der Waals surface area (Å²) in [6, 6.07) is 7.81. The van der Waals surface area contributed by atoms with E-state index < -0.39 is 11.7 Å². The first-order valence-electron chi connectivity index (χ1n) is 6.65. The largest absolute Gasteiger partial charge is 0.444 e. The van der Waals surface area contributed by atoms with E-state index in [9.17, 15) is 4.79 Å². The SMILES string of the molecule is CC(C)(C)OC(=O)NCCC#Cc1cccc(CN)c1. The molecule has 20 heavy (non-hydrogen) atoms. The molecule has 0 spiro atoms. The summed E-state index contributed by atoms with van der Waals surface area (Å²) < 4.78 is 5.12. The molecule has 0 aliphatic rings. The second-order valence-corrected chi connectivity index (χ2v) is 5.38. The van der Waals surface area contributed by atoms with E-state index in [1.54, 1.807) is 0 Å². The molecule has 0 unspecified atom stereocenters. The Hall–Kier alpha value is -1.99. The quantitative estimate of drug-likeness (QED) is 0.657. The lowest BCUT2D eigenvalue weighted by atomic mass is 10.1. The first-order chi connectivity index (χ1) is 9.40. The van der Waals surface area contributed by atoms with E-state index in [0.717, 1.165) is 11.1 Å². The fraction of sp³-hybridized carbons (Fsp3) is 0.438. The summed E-state index contributed by atoms with van der Waals surface area (Å²) >= 11 is 0. The predicted molar refractivity (Wildman–Crippen MR) is 80.1 cm³/mol. The maximum Gasteiger partial charge on any atom is 0.407 e. The average Bonchev–Trinajstić information content (AvgIpc) is 2.36. The van der Waals surface area contributed by atoms with E-state index in [0.29, 0.717) is 19.5 Å². The third-order valence-corrected chi connectivity index (χ3v) is 2.31. The van der Waals surface area contributed by atoms with Gasteiger partial charge in [0.25, 0.3) is 0 Å². The topological polar surface area (TPSA) is 64.3 Å². The van der Waals surface area contributed by atoms with Gasteiger partial charge >= 0.3 is 6.09 Å². The van der Waals surface area contributed by atoms with Gasteiger partial charge in [-0.2, -0.15) is 0 Å². The first kappa shape index (κ1) is 16.1. The molecule has 4 nitrogen and oxygen atoms in total. The van der Waals surface area contributed by atoms with Crippen LogP contribution >= 0.6 is 0 Å². The lowest BCUT2D eigenvalue weighted by Gasteiger charge is -2.19.